The zero-order valence-corrected chi connectivity index (χ0v) is 10.6. The van der Waals surface area contributed by atoms with Crippen molar-refractivity contribution in [3.05, 3.63) is 29.5 Å². The van der Waals surface area contributed by atoms with E-state index in [0.717, 1.165) is 41.0 Å². The predicted molar refractivity (Wildman–Crippen MR) is 69.6 cm³/mol. The van der Waals surface area contributed by atoms with Gasteiger partial charge in [0, 0.05) is 11.5 Å². The van der Waals surface area contributed by atoms with Crippen molar-refractivity contribution in [2.24, 2.45) is 0 Å². The molecule has 0 saturated heterocycles. The minimum absolute atomic E-state index is 0.445. The van der Waals surface area contributed by atoms with Gasteiger partial charge in [-0.3, -0.25) is 0 Å². The zero-order chi connectivity index (χ0) is 12.7. The summed E-state index contributed by atoms with van der Waals surface area (Å²) in [6, 6.07) is 6.03. The predicted octanol–water partition coefficient (Wildman–Crippen LogP) is 3.12. The Labute approximate surface area is 106 Å². The first-order chi connectivity index (χ1) is 8.70. The van der Waals surface area contributed by atoms with Crippen LogP contribution in [0.4, 0.5) is 5.82 Å². The molecular formula is C14H16N2O2. The number of benzene rings is 1. The van der Waals surface area contributed by atoms with Crippen LogP contribution in [0.15, 0.2) is 22.7 Å². The van der Waals surface area contributed by atoms with Crippen molar-refractivity contribution in [2.45, 2.75) is 25.7 Å². The molecule has 1 aromatic heterocycles. The van der Waals surface area contributed by atoms with Gasteiger partial charge in [0.25, 0.3) is 0 Å². The van der Waals surface area contributed by atoms with Gasteiger partial charge in [-0.25, -0.2) is 0 Å². The number of nitrogens with zero attached hydrogens (tertiary/aromatic N) is 1. The largest absolute Gasteiger partial charge is 0.496 e. The lowest BCUT2D eigenvalue weighted by Crippen LogP contribution is -1.94. The van der Waals surface area contributed by atoms with Crippen molar-refractivity contribution in [1.29, 1.82) is 0 Å². The lowest BCUT2D eigenvalue weighted by molar-refractivity contribution is 0.387. The van der Waals surface area contributed by atoms with Crippen molar-refractivity contribution in [2.75, 3.05) is 12.8 Å². The molecule has 1 aliphatic rings. The van der Waals surface area contributed by atoms with E-state index < -0.39 is 0 Å². The summed E-state index contributed by atoms with van der Waals surface area (Å²) in [7, 11) is 1.66. The monoisotopic (exact) mass is 244 g/mol. The van der Waals surface area contributed by atoms with Gasteiger partial charge in [-0.2, -0.15) is 0 Å². The van der Waals surface area contributed by atoms with Gasteiger partial charge in [-0.15, -0.1) is 0 Å². The van der Waals surface area contributed by atoms with Gasteiger partial charge in [-0.1, -0.05) is 16.8 Å². The highest BCUT2D eigenvalue weighted by Gasteiger charge is 2.33. The molecular weight excluding hydrogens is 228 g/mol. The molecule has 1 aliphatic carbocycles. The normalized spacial score (nSPS) is 14.8. The Kier molecular flexibility index (Phi) is 2.51. The third-order valence-electron chi connectivity index (χ3n) is 3.32. The van der Waals surface area contributed by atoms with Gasteiger partial charge in [-0.05, 0) is 31.9 Å². The van der Waals surface area contributed by atoms with Gasteiger partial charge in [0.05, 0.1) is 12.7 Å². The lowest BCUT2D eigenvalue weighted by atomic mass is 10.0. The molecule has 4 nitrogen and oxygen atoms in total. The molecule has 1 aromatic carbocycles. The summed E-state index contributed by atoms with van der Waals surface area (Å²) in [5.41, 5.74) is 8.98. The molecule has 1 heterocycles. The standard InChI is InChI=1S/C14H16N2O2/c1-8-3-6-11(17-2)10(7-8)12-13(9-4-5-9)18-16-14(12)15/h3,6-7,9H,4-5H2,1-2H3,(H2,15,16). The lowest BCUT2D eigenvalue weighted by Gasteiger charge is -2.09. The van der Waals surface area contributed by atoms with E-state index in [1.165, 1.54) is 0 Å². The Morgan fingerprint density at radius 1 is 1.39 bits per heavy atom. The second-order valence-electron chi connectivity index (χ2n) is 4.79. The molecule has 0 spiro atoms. The van der Waals surface area contributed by atoms with E-state index in [2.05, 4.69) is 11.2 Å². The van der Waals surface area contributed by atoms with Crippen molar-refractivity contribution in [3.8, 4) is 16.9 Å². The molecule has 0 amide bonds. The van der Waals surface area contributed by atoms with E-state index in [1.807, 2.05) is 19.1 Å². The van der Waals surface area contributed by atoms with Crippen LogP contribution in [0, 0.1) is 6.92 Å². The molecule has 3 rings (SSSR count). The van der Waals surface area contributed by atoms with Crippen LogP contribution in [0.5, 0.6) is 5.75 Å². The number of methoxy groups -OCH3 is 1. The van der Waals surface area contributed by atoms with Crippen molar-refractivity contribution in [3.63, 3.8) is 0 Å². The van der Waals surface area contributed by atoms with E-state index in [4.69, 9.17) is 15.0 Å². The molecule has 4 heteroatoms. The number of ether oxygens (including phenoxy) is 1. The minimum Gasteiger partial charge on any atom is -0.496 e. The molecule has 0 atom stereocenters. The molecule has 0 aliphatic heterocycles. The molecule has 1 saturated carbocycles. The number of aryl methyl sites for hydroxylation is 1. The maximum absolute atomic E-state index is 5.95. The summed E-state index contributed by atoms with van der Waals surface area (Å²) in [5, 5.41) is 3.91. The van der Waals surface area contributed by atoms with Crippen LogP contribution in [0.25, 0.3) is 11.1 Å². The number of anilines is 1. The third kappa shape index (κ3) is 1.74. The van der Waals surface area contributed by atoms with Crippen LogP contribution >= 0.6 is 0 Å². The van der Waals surface area contributed by atoms with E-state index in [9.17, 15) is 0 Å². The quantitative estimate of drug-likeness (QED) is 0.901. The molecule has 2 aromatic rings. The number of hydrogen-bond donors (Lipinski definition) is 1. The smallest absolute Gasteiger partial charge is 0.175 e. The fourth-order valence-corrected chi connectivity index (χ4v) is 2.23. The summed E-state index contributed by atoms with van der Waals surface area (Å²) in [5.74, 6) is 2.62. The highest BCUT2D eigenvalue weighted by molar-refractivity contribution is 5.81. The van der Waals surface area contributed by atoms with E-state index >= 15 is 0 Å². The van der Waals surface area contributed by atoms with Gasteiger partial charge >= 0.3 is 0 Å². The summed E-state index contributed by atoms with van der Waals surface area (Å²) in [6.07, 6.45) is 2.30. The summed E-state index contributed by atoms with van der Waals surface area (Å²) < 4.78 is 10.8. The zero-order valence-electron chi connectivity index (χ0n) is 10.6. The Bertz CT molecular complexity index is 585. The van der Waals surface area contributed by atoms with Gasteiger partial charge in [0.15, 0.2) is 5.82 Å². The Morgan fingerprint density at radius 2 is 2.17 bits per heavy atom. The average molecular weight is 244 g/mol. The topological polar surface area (TPSA) is 61.3 Å². The Balaban J connectivity index is 2.19. The first-order valence-corrected chi connectivity index (χ1v) is 6.10. The molecule has 0 unspecified atom stereocenters. The summed E-state index contributed by atoms with van der Waals surface area (Å²) in [6.45, 7) is 2.05. The first-order valence-electron chi connectivity index (χ1n) is 6.10. The maximum atomic E-state index is 5.95. The van der Waals surface area contributed by atoms with Crippen LogP contribution in [-0.4, -0.2) is 12.3 Å². The Morgan fingerprint density at radius 3 is 2.83 bits per heavy atom. The van der Waals surface area contributed by atoms with Crippen LogP contribution in [-0.2, 0) is 0 Å². The van der Waals surface area contributed by atoms with Crippen molar-refractivity contribution in [1.82, 2.24) is 5.16 Å². The summed E-state index contributed by atoms with van der Waals surface area (Å²) in [4.78, 5) is 0. The minimum atomic E-state index is 0.445. The average Bonchev–Trinajstić information content (AvgIpc) is 3.13. The molecule has 0 radical (unpaired) electrons. The van der Waals surface area contributed by atoms with Crippen LogP contribution < -0.4 is 10.5 Å². The number of nitrogens with two attached hydrogens (primary N) is 1. The molecule has 18 heavy (non-hydrogen) atoms. The molecule has 1 fully saturated rings. The number of rotatable bonds is 3. The molecule has 2 N–H and O–H groups in total. The third-order valence-corrected chi connectivity index (χ3v) is 3.32. The van der Waals surface area contributed by atoms with Gasteiger partial charge in [0.1, 0.15) is 11.5 Å². The number of nitrogen functional groups attached to an aromatic ring is 1. The highest BCUT2D eigenvalue weighted by atomic mass is 16.5. The molecule has 0 bridgehead atoms. The van der Waals surface area contributed by atoms with E-state index in [1.54, 1.807) is 7.11 Å². The van der Waals surface area contributed by atoms with E-state index in [0.29, 0.717) is 11.7 Å². The highest BCUT2D eigenvalue weighted by Crippen LogP contribution is 2.48. The van der Waals surface area contributed by atoms with E-state index in [-0.39, 0.29) is 0 Å². The van der Waals surface area contributed by atoms with Crippen LogP contribution in [0.2, 0.25) is 0 Å². The van der Waals surface area contributed by atoms with Gasteiger partial charge < -0.3 is 15.0 Å². The second-order valence-corrected chi connectivity index (χ2v) is 4.79. The summed E-state index contributed by atoms with van der Waals surface area (Å²) >= 11 is 0. The van der Waals surface area contributed by atoms with Gasteiger partial charge in [0.2, 0.25) is 0 Å². The Hall–Kier alpha value is -1.97. The van der Waals surface area contributed by atoms with Crippen LogP contribution in [0.3, 0.4) is 0 Å². The number of aromatic nitrogens is 1. The first kappa shape index (κ1) is 11.1. The fourth-order valence-electron chi connectivity index (χ4n) is 2.23. The van der Waals surface area contributed by atoms with Crippen molar-refractivity contribution < 1.29 is 9.26 Å². The SMILES string of the molecule is COc1ccc(C)cc1-c1c(N)noc1C1CC1. The maximum Gasteiger partial charge on any atom is 0.175 e. The second kappa shape index (κ2) is 4.05. The molecule has 94 valence electrons. The fraction of sp³-hybridized carbons (Fsp3) is 0.357. The number of hydrogen-bond acceptors (Lipinski definition) is 4. The van der Waals surface area contributed by atoms with Crippen LogP contribution in [0.1, 0.15) is 30.1 Å². The van der Waals surface area contributed by atoms with Crippen molar-refractivity contribution >= 4 is 5.82 Å².